The van der Waals surface area contributed by atoms with Crippen LogP contribution in [-0.4, -0.2) is 59.3 Å². The second-order valence-electron chi connectivity index (χ2n) is 8.97. The highest BCUT2D eigenvalue weighted by Gasteiger charge is 2.46. The molecule has 1 spiro atoms. The van der Waals surface area contributed by atoms with Crippen molar-refractivity contribution in [2.45, 2.75) is 64.0 Å². The SMILES string of the molecule is CNCCN(C)Cc1nnn(C)c1[C@H]1CC[C@]2(CC1)CC(C)(C)CO2. The Morgan fingerprint density at radius 1 is 1.32 bits per heavy atom. The molecule has 1 aliphatic heterocycles. The van der Waals surface area contributed by atoms with Gasteiger partial charge in [-0.05, 0) is 51.6 Å². The van der Waals surface area contributed by atoms with Gasteiger partial charge >= 0.3 is 0 Å². The molecule has 6 nitrogen and oxygen atoms in total. The molecule has 1 saturated carbocycles. The third kappa shape index (κ3) is 4.23. The zero-order valence-corrected chi connectivity index (χ0v) is 16.6. The van der Waals surface area contributed by atoms with Gasteiger partial charge in [0.15, 0.2) is 0 Å². The van der Waals surface area contributed by atoms with Gasteiger partial charge in [-0.3, -0.25) is 9.58 Å². The molecule has 1 aromatic rings. The summed E-state index contributed by atoms with van der Waals surface area (Å²) in [6.45, 7) is 8.45. The van der Waals surface area contributed by atoms with E-state index in [1.165, 1.54) is 37.8 Å². The number of nitrogens with zero attached hydrogens (tertiary/aromatic N) is 4. The number of likely N-dealkylation sites (N-methyl/N-ethyl adjacent to an activating group) is 2. The summed E-state index contributed by atoms with van der Waals surface area (Å²) in [5.74, 6) is 0.561. The third-order valence-corrected chi connectivity index (χ3v) is 5.96. The van der Waals surface area contributed by atoms with Crippen molar-refractivity contribution in [3.63, 3.8) is 0 Å². The van der Waals surface area contributed by atoms with Crippen LogP contribution < -0.4 is 5.32 Å². The van der Waals surface area contributed by atoms with Crippen molar-refractivity contribution in [2.24, 2.45) is 12.5 Å². The maximum atomic E-state index is 6.28. The van der Waals surface area contributed by atoms with Crippen LogP contribution in [0.15, 0.2) is 0 Å². The predicted octanol–water partition coefficient (Wildman–Crippen LogP) is 2.31. The maximum Gasteiger partial charge on any atom is 0.100 e. The minimum atomic E-state index is 0.135. The molecule has 1 saturated heterocycles. The fourth-order valence-electron chi connectivity index (χ4n) is 4.72. The second kappa shape index (κ2) is 7.33. The van der Waals surface area contributed by atoms with Crippen LogP contribution in [0.1, 0.15) is 63.3 Å². The van der Waals surface area contributed by atoms with E-state index in [1.54, 1.807) is 0 Å². The summed E-state index contributed by atoms with van der Waals surface area (Å²) in [7, 11) is 6.19. The Balaban J connectivity index is 1.64. The molecule has 6 heteroatoms. The number of nitrogens with one attached hydrogen (secondary N) is 1. The first-order valence-electron chi connectivity index (χ1n) is 9.70. The first-order chi connectivity index (χ1) is 11.8. The number of aryl methyl sites for hydroxylation is 1. The first kappa shape index (κ1) is 18.8. The van der Waals surface area contributed by atoms with E-state index in [1.807, 2.05) is 18.8 Å². The van der Waals surface area contributed by atoms with E-state index in [0.29, 0.717) is 11.3 Å². The van der Waals surface area contributed by atoms with Gasteiger partial charge in [0.25, 0.3) is 0 Å². The Hall–Kier alpha value is -0.980. The number of hydrogen-bond acceptors (Lipinski definition) is 5. The van der Waals surface area contributed by atoms with Crippen LogP contribution in [0.5, 0.6) is 0 Å². The van der Waals surface area contributed by atoms with E-state index in [0.717, 1.165) is 31.9 Å². The Bertz CT molecular complexity index is 574. The lowest BCUT2D eigenvalue weighted by Gasteiger charge is -2.37. The molecular formula is C19H35N5O. The lowest BCUT2D eigenvalue weighted by atomic mass is 9.72. The van der Waals surface area contributed by atoms with Gasteiger partial charge in [-0.15, -0.1) is 5.10 Å². The van der Waals surface area contributed by atoms with Crippen LogP contribution in [0, 0.1) is 5.41 Å². The molecule has 0 atom stereocenters. The highest BCUT2D eigenvalue weighted by molar-refractivity contribution is 5.17. The summed E-state index contributed by atoms with van der Waals surface area (Å²) < 4.78 is 8.28. The zero-order chi connectivity index (χ0) is 18.1. The van der Waals surface area contributed by atoms with Gasteiger partial charge in [-0.2, -0.15) is 0 Å². The predicted molar refractivity (Wildman–Crippen MR) is 99.6 cm³/mol. The standard InChI is InChI=1S/C19H35N5O/c1-18(2)13-19(25-14-18)8-6-15(7-9-19)17-16(21-22-24(17)5)12-23(4)11-10-20-3/h15,20H,6-14H2,1-5H3/t15-,19-. The summed E-state index contributed by atoms with van der Waals surface area (Å²) in [5.41, 5.74) is 2.95. The topological polar surface area (TPSA) is 55.2 Å². The molecule has 2 fully saturated rings. The second-order valence-corrected chi connectivity index (χ2v) is 8.97. The summed E-state index contributed by atoms with van der Waals surface area (Å²) in [4.78, 5) is 2.32. The van der Waals surface area contributed by atoms with Crippen molar-refractivity contribution >= 4 is 0 Å². The molecule has 0 unspecified atom stereocenters. The van der Waals surface area contributed by atoms with Crippen molar-refractivity contribution in [1.29, 1.82) is 0 Å². The van der Waals surface area contributed by atoms with Gasteiger partial charge in [-0.1, -0.05) is 19.1 Å². The maximum absolute atomic E-state index is 6.28. The summed E-state index contributed by atoms with van der Waals surface area (Å²) in [6.07, 6.45) is 5.91. The van der Waals surface area contributed by atoms with Crippen LogP contribution in [0.25, 0.3) is 0 Å². The van der Waals surface area contributed by atoms with Gasteiger partial charge < -0.3 is 10.1 Å². The van der Waals surface area contributed by atoms with Crippen molar-refractivity contribution in [1.82, 2.24) is 25.2 Å². The average Bonchev–Trinajstić information content (AvgIpc) is 3.07. The molecule has 1 aromatic heterocycles. The van der Waals surface area contributed by atoms with Gasteiger partial charge in [0.05, 0.1) is 17.9 Å². The smallest absolute Gasteiger partial charge is 0.100 e. The molecule has 2 heterocycles. The van der Waals surface area contributed by atoms with E-state index < -0.39 is 0 Å². The molecule has 142 valence electrons. The Morgan fingerprint density at radius 2 is 2.04 bits per heavy atom. The molecular weight excluding hydrogens is 314 g/mol. The van der Waals surface area contributed by atoms with Gasteiger partial charge in [0.1, 0.15) is 5.69 Å². The molecule has 2 aliphatic rings. The van der Waals surface area contributed by atoms with E-state index in [9.17, 15) is 0 Å². The van der Waals surface area contributed by atoms with Crippen LogP contribution in [0.2, 0.25) is 0 Å². The van der Waals surface area contributed by atoms with Crippen molar-refractivity contribution < 1.29 is 4.74 Å². The minimum absolute atomic E-state index is 0.135. The van der Waals surface area contributed by atoms with Crippen LogP contribution in [0.3, 0.4) is 0 Å². The van der Waals surface area contributed by atoms with E-state index >= 15 is 0 Å². The minimum Gasteiger partial charge on any atom is -0.374 e. The average molecular weight is 350 g/mol. The molecule has 0 amide bonds. The number of aromatic nitrogens is 3. The quantitative estimate of drug-likeness (QED) is 0.854. The summed E-state index contributed by atoms with van der Waals surface area (Å²) >= 11 is 0. The van der Waals surface area contributed by atoms with Crippen molar-refractivity contribution in [2.75, 3.05) is 33.8 Å². The summed E-state index contributed by atoms with van der Waals surface area (Å²) in [5, 5.41) is 12.0. The largest absolute Gasteiger partial charge is 0.374 e. The fraction of sp³-hybridized carbons (Fsp3) is 0.895. The van der Waals surface area contributed by atoms with Crippen molar-refractivity contribution in [3.05, 3.63) is 11.4 Å². The van der Waals surface area contributed by atoms with E-state index in [-0.39, 0.29) is 5.60 Å². The van der Waals surface area contributed by atoms with Gasteiger partial charge in [0.2, 0.25) is 0 Å². The number of ether oxygens (including phenoxy) is 1. The Labute approximate surface area is 152 Å². The lowest BCUT2D eigenvalue weighted by molar-refractivity contribution is -0.0298. The zero-order valence-electron chi connectivity index (χ0n) is 16.6. The molecule has 3 rings (SSSR count). The first-order valence-corrected chi connectivity index (χ1v) is 9.70. The Kier molecular flexibility index (Phi) is 5.51. The Morgan fingerprint density at radius 3 is 2.64 bits per heavy atom. The third-order valence-electron chi connectivity index (χ3n) is 5.96. The van der Waals surface area contributed by atoms with E-state index in [2.05, 4.69) is 41.4 Å². The molecule has 0 bridgehead atoms. The van der Waals surface area contributed by atoms with E-state index in [4.69, 9.17) is 4.74 Å². The van der Waals surface area contributed by atoms with Crippen LogP contribution in [0.4, 0.5) is 0 Å². The molecule has 1 N–H and O–H groups in total. The highest BCUT2D eigenvalue weighted by Crippen LogP contribution is 2.49. The summed E-state index contributed by atoms with van der Waals surface area (Å²) in [6, 6.07) is 0. The van der Waals surface area contributed by atoms with Crippen LogP contribution >= 0.6 is 0 Å². The van der Waals surface area contributed by atoms with Gasteiger partial charge in [-0.25, -0.2) is 0 Å². The molecule has 0 aromatic carbocycles. The molecule has 1 aliphatic carbocycles. The van der Waals surface area contributed by atoms with Crippen LogP contribution in [-0.2, 0) is 18.3 Å². The number of rotatable bonds is 6. The molecule has 25 heavy (non-hydrogen) atoms. The van der Waals surface area contributed by atoms with Gasteiger partial charge in [0, 0.05) is 32.6 Å². The lowest BCUT2D eigenvalue weighted by Crippen LogP contribution is -2.34. The highest BCUT2D eigenvalue weighted by atomic mass is 16.5. The molecule has 0 radical (unpaired) electrons. The monoisotopic (exact) mass is 349 g/mol. The normalized spacial score (nSPS) is 29.0. The number of hydrogen-bond donors (Lipinski definition) is 1. The fourth-order valence-corrected chi connectivity index (χ4v) is 4.72. The van der Waals surface area contributed by atoms with Crippen molar-refractivity contribution in [3.8, 4) is 0 Å².